The van der Waals surface area contributed by atoms with Crippen LogP contribution >= 0.6 is 0 Å². The Hall–Kier alpha value is -3.45. The Balaban J connectivity index is 1.59. The van der Waals surface area contributed by atoms with Crippen LogP contribution in [0.25, 0.3) is 0 Å². The average molecular weight is 517 g/mol. The van der Waals surface area contributed by atoms with E-state index in [1.165, 1.54) is 0 Å². The summed E-state index contributed by atoms with van der Waals surface area (Å²) in [4.78, 5) is 13.1. The molecule has 0 heterocycles. The van der Waals surface area contributed by atoms with Crippen molar-refractivity contribution in [1.82, 2.24) is 5.32 Å². The molecule has 0 saturated heterocycles. The van der Waals surface area contributed by atoms with E-state index in [1.807, 2.05) is 74.5 Å². The third-order valence-corrected chi connectivity index (χ3v) is 6.93. The predicted molar refractivity (Wildman–Crippen MR) is 152 cm³/mol. The third-order valence-electron chi connectivity index (χ3n) is 6.93. The quantitative estimate of drug-likeness (QED) is 0.222. The van der Waals surface area contributed by atoms with E-state index in [0.717, 1.165) is 27.8 Å². The van der Waals surface area contributed by atoms with Crippen molar-refractivity contribution >= 4 is 5.91 Å². The fourth-order valence-corrected chi connectivity index (χ4v) is 4.67. The molecule has 0 aliphatic carbocycles. The number of rotatable bonds is 13. The van der Waals surface area contributed by atoms with Crippen LogP contribution in [0, 0.1) is 19.8 Å². The summed E-state index contributed by atoms with van der Waals surface area (Å²) in [6.07, 6.45) is 3.26. The standard InChI is InChI=1S/C32H40N2O4/c1-22-18-26(35)19-23(2)27(22)21-29(33)31(37)15-9-14-30(36)28(20-25-12-7-4-8-13-25)32(38)34-17-16-24-10-5-3-6-11-24/h3-14,18-19,28-31,35-37H,15-17,20-21,33H2,1-2H3,(H,34,38)/b14-9+/t28-,29+,30+,31-/m1/s1. The minimum absolute atomic E-state index is 0.211. The van der Waals surface area contributed by atoms with Gasteiger partial charge in [-0.05, 0) is 79.5 Å². The molecule has 38 heavy (non-hydrogen) atoms. The topological polar surface area (TPSA) is 116 Å². The lowest BCUT2D eigenvalue weighted by Crippen LogP contribution is -2.39. The zero-order valence-corrected chi connectivity index (χ0v) is 22.3. The summed E-state index contributed by atoms with van der Waals surface area (Å²) in [7, 11) is 0. The molecule has 0 unspecified atom stereocenters. The molecular weight excluding hydrogens is 476 g/mol. The lowest BCUT2D eigenvalue weighted by atomic mass is 9.91. The van der Waals surface area contributed by atoms with Crippen LogP contribution < -0.4 is 11.1 Å². The number of hydrogen-bond acceptors (Lipinski definition) is 5. The van der Waals surface area contributed by atoms with E-state index in [4.69, 9.17) is 5.73 Å². The minimum atomic E-state index is -1.02. The molecule has 6 N–H and O–H groups in total. The second-order valence-corrected chi connectivity index (χ2v) is 9.97. The molecule has 0 aliphatic rings. The summed E-state index contributed by atoms with van der Waals surface area (Å²) >= 11 is 0. The number of phenols is 1. The van der Waals surface area contributed by atoms with Gasteiger partial charge in [-0.25, -0.2) is 0 Å². The summed E-state index contributed by atoms with van der Waals surface area (Å²) in [6.45, 7) is 4.30. The number of carbonyl (C=O) groups is 1. The Labute approximate surface area is 225 Å². The van der Waals surface area contributed by atoms with Gasteiger partial charge in [-0.1, -0.05) is 72.8 Å². The largest absolute Gasteiger partial charge is 0.508 e. The molecule has 0 spiro atoms. The van der Waals surface area contributed by atoms with Gasteiger partial charge in [0.25, 0.3) is 0 Å². The number of aryl methyl sites for hydroxylation is 2. The Morgan fingerprint density at radius 1 is 0.921 bits per heavy atom. The van der Waals surface area contributed by atoms with Gasteiger partial charge in [0.05, 0.1) is 18.1 Å². The first kappa shape index (κ1) is 29.1. The van der Waals surface area contributed by atoms with E-state index >= 15 is 0 Å². The summed E-state index contributed by atoms with van der Waals surface area (Å²) < 4.78 is 0. The van der Waals surface area contributed by atoms with Crippen LogP contribution in [0.4, 0.5) is 0 Å². The number of aliphatic hydroxyl groups is 2. The smallest absolute Gasteiger partial charge is 0.226 e. The normalized spacial score (nSPS) is 14.7. The second-order valence-electron chi connectivity index (χ2n) is 9.97. The molecule has 0 saturated carbocycles. The van der Waals surface area contributed by atoms with Gasteiger partial charge in [-0.2, -0.15) is 0 Å². The van der Waals surface area contributed by atoms with Crippen LogP contribution in [-0.2, 0) is 24.1 Å². The van der Waals surface area contributed by atoms with Crippen LogP contribution in [-0.4, -0.2) is 46.0 Å². The van der Waals surface area contributed by atoms with Gasteiger partial charge in [-0.3, -0.25) is 4.79 Å². The summed E-state index contributed by atoms with van der Waals surface area (Å²) in [6, 6.07) is 22.4. The Kier molecular flexibility index (Phi) is 11.1. The van der Waals surface area contributed by atoms with Crippen molar-refractivity contribution in [3.05, 3.63) is 113 Å². The number of nitrogens with two attached hydrogens (primary N) is 1. The van der Waals surface area contributed by atoms with Gasteiger partial charge < -0.3 is 26.4 Å². The van der Waals surface area contributed by atoms with Crippen molar-refractivity contribution in [1.29, 1.82) is 0 Å². The number of hydrogen-bond donors (Lipinski definition) is 5. The zero-order valence-electron chi connectivity index (χ0n) is 22.3. The van der Waals surface area contributed by atoms with Gasteiger partial charge in [0, 0.05) is 12.6 Å². The molecule has 6 nitrogen and oxygen atoms in total. The van der Waals surface area contributed by atoms with E-state index in [2.05, 4.69) is 5.32 Å². The van der Waals surface area contributed by atoms with Crippen molar-refractivity contribution in [2.75, 3.05) is 6.54 Å². The summed E-state index contributed by atoms with van der Waals surface area (Å²) in [5.41, 5.74) is 11.2. The van der Waals surface area contributed by atoms with Gasteiger partial charge in [0.1, 0.15) is 5.75 Å². The van der Waals surface area contributed by atoms with E-state index < -0.39 is 24.2 Å². The highest BCUT2D eigenvalue weighted by Gasteiger charge is 2.25. The molecule has 0 radical (unpaired) electrons. The highest BCUT2D eigenvalue weighted by Crippen LogP contribution is 2.23. The number of aliphatic hydroxyl groups excluding tert-OH is 2. The molecule has 1 amide bonds. The van der Waals surface area contributed by atoms with Crippen LogP contribution in [0.3, 0.4) is 0 Å². The lowest BCUT2D eigenvalue weighted by molar-refractivity contribution is -0.127. The molecule has 0 aliphatic heterocycles. The molecular formula is C32H40N2O4. The SMILES string of the molecule is Cc1cc(O)cc(C)c1C[C@H](N)[C@H](O)C/C=C/[C@H](O)[C@@H](Cc1ccccc1)C(=O)NCCc1ccccc1. The average Bonchev–Trinajstić information content (AvgIpc) is 2.90. The van der Waals surface area contributed by atoms with Gasteiger partial charge in [-0.15, -0.1) is 0 Å². The molecule has 202 valence electrons. The maximum atomic E-state index is 13.1. The first-order valence-corrected chi connectivity index (χ1v) is 13.2. The number of benzene rings is 3. The van der Waals surface area contributed by atoms with Crippen molar-refractivity contribution in [3.8, 4) is 5.75 Å². The fourth-order valence-electron chi connectivity index (χ4n) is 4.67. The molecule has 4 atom stereocenters. The second kappa shape index (κ2) is 14.5. The molecule has 0 fully saturated rings. The summed E-state index contributed by atoms with van der Waals surface area (Å²) in [5.74, 6) is -0.668. The van der Waals surface area contributed by atoms with Crippen LogP contribution in [0.2, 0.25) is 0 Å². The fraction of sp³-hybridized carbons (Fsp3) is 0.344. The number of nitrogens with one attached hydrogen (secondary N) is 1. The maximum Gasteiger partial charge on any atom is 0.226 e. The van der Waals surface area contributed by atoms with Gasteiger partial charge in [0.15, 0.2) is 0 Å². The van der Waals surface area contributed by atoms with E-state index in [0.29, 0.717) is 25.8 Å². The maximum absolute atomic E-state index is 13.1. The third kappa shape index (κ3) is 8.84. The van der Waals surface area contributed by atoms with Crippen LogP contribution in [0.1, 0.15) is 34.2 Å². The molecule has 0 aromatic heterocycles. The number of aromatic hydroxyl groups is 1. The Morgan fingerprint density at radius 3 is 2.11 bits per heavy atom. The molecule has 3 aromatic rings. The zero-order chi connectivity index (χ0) is 27.5. The Bertz CT molecular complexity index is 1160. The number of amides is 1. The summed E-state index contributed by atoms with van der Waals surface area (Å²) in [5, 5.41) is 34.3. The predicted octanol–water partition coefficient (Wildman–Crippen LogP) is 3.76. The first-order valence-electron chi connectivity index (χ1n) is 13.2. The van der Waals surface area contributed by atoms with Gasteiger partial charge in [0.2, 0.25) is 5.91 Å². The van der Waals surface area contributed by atoms with Gasteiger partial charge >= 0.3 is 0 Å². The van der Waals surface area contributed by atoms with Crippen molar-refractivity contribution in [2.24, 2.45) is 11.7 Å². The van der Waals surface area contributed by atoms with Crippen molar-refractivity contribution < 1.29 is 20.1 Å². The van der Waals surface area contributed by atoms with Crippen LogP contribution in [0.5, 0.6) is 5.75 Å². The Morgan fingerprint density at radius 2 is 1.50 bits per heavy atom. The molecule has 0 bridgehead atoms. The number of phenolic OH excluding ortho intramolecular Hbond substituents is 1. The van der Waals surface area contributed by atoms with Crippen molar-refractivity contribution in [2.45, 2.75) is 57.8 Å². The van der Waals surface area contributed by atoms with Crippen LogP contribution in [0.15, 0.2) is 84.9 Å². The van der Waals surface area contributed by atoms with E-state index in [9.17, 15) is 20.1 Å². The lowest BCUT2D eigenvalue weighted by Gasteiger charge is -2.22. The van der Waals surface area contributed by atoms with E-state index in [-0.39, 0.29) is 18.1 Å². The van der Waals surface area contributed by atoms with Crippen molar-refractivity contribution in [3.63, 3.8) is 0 Å². The number of carbonyl (C=O) groups excluding carboxylic acids is 1. The highest BCUT2D eigenvalue weighted by molar-refractivity contribution is 5.79. The monoisotopic (exact) mass is 516 g/mol. The molecule has 3 rings (SSSR count). The highest BCUT2D eigenvalue weighted by atomic mass is 16.3. The first-order chi connectivity index (χ1) is 18.2. The minimum Gasteiger partial charge on any atom is -0.508 e. The molecule has 3 aromatic carbocycles. The molecule has 6 heteroatoms. The van der Waals surface area contributed by atoms with E-state index in [1.54, 1.807) is 24.3 Å².